The summed E-state index contributed by atoms with van der Waals surface area (Å²) < 4.78 is 44.8. The van der Waals surface area contributed by atoms with Crippen LogP contribution in [0.4, 0.5) is 0 Å². The number of nitrogens with zero attached hydrogens (tertiary/aromatic N) is 3. The molecule has 0 spiro atoms. The molecule has 30 aromatic rings. The molecule has 0 radical (unpaired) electrons. The molecule has 0 fully saturated rings. The molecule has 31 rings (SSSR count). The number of rotatable bonds is 8. The van der Waals surface area contributed by atoms with Gasteiger partial charge in [-0.1, -0.05) is 311 Å². The van der Waals surface area contributed by atoms with Crippen LogP contribution in [0.15, 0.2) is 469 Å². The van der Waals surface area contributed by atoms with Crippen LogP contribution in [0.3, 0.4) is 0 Å². The van der Waals surface area contributed by atoms with Crippen LogP contribution in [0.5, 0.6) is 0 Å². The van der Waals surface area contributed by atoms with E-state index >= 15 is 0 Å². The summed E-state index contributed by atoms with van der Waals surface area (Å²) in [5.74, 6) is 0. The first-order valence-electron chi connectivity index (χ1n) is 47.1. The Morgan fingerprint density at radius 3 is 0.841 bits per heavy atom. The summed E-state index contributed by atoms with van der Waals surface area (Å²) in [6, 6.07) is 158. The third kappa shape index (κ3) is 11.9. The average Bonchev–Trinajstić information content (AvgIpc) is 1.56. The third-order valence-electron chi connectivity index (χ3n) is 29.3. The van der Waals surface area contributed by atoms with Crippen LogP contribution in [0.1, 0.15) is 25.0 Å². The standard InChI is InChI=1S/C45H29NO2.2C42H25NO2/c1-45(2)37-22-26(28-13-9-14-34-32-11-4-8-17-42(32)48-44(28)34)18-20-29(37)30-21-19-27(23-38(30)45)46-39-15-6-3-10-31(39)35-24-36-33-12-5-7-16-41(33)47-43(36)25-40(35)46;1-4-13-37-31(8-1)35-24-36-33-10-3-5-14-39(33)44-41(36)25-38(35)43(37)29-22-20-27(21-23-29)26-16-18-28(19-17-26)30-11-7-12-34-32-9-2-6-15-40(32)45-42(30)34;1-4-10-37-31(7-1)34-24-36-33-9-3-6-12-40(33)45-42(36)25-38(34)43(37)30-20-17-27(18-21-30)26-13-15-28(16-14-26)29-19-22-41-35(23-29)32-8-2-5-11-39(32)44-41/h3-25H,1-2H3;2*1-25H. The lowest BCUT2D eigenvalue weighted by molar-refractivity contribution is 0.659. The first-order valence-corrected chi connectivity index (χ1v) is 47.1. The summed E-state index contributed by atoms with van der Waals surface area (Å²) in [5, 5.41) is 21.2. The van der Waals surface area contributed by atoms with Crippen molar-refractivity contribution in [2.75, 3.05) is 0 Å². The summed E-state index contributed by atoms with van der Waals surface area (Å²) >= 11 is 0. The van der Waals surface area contributed by atoms with E-state index < -0.39 is 0 Å². The third-order valence-corrected chi connectivity index (χ3v) is 29.3. The van der Waals surface area contributed by atoms with Gasteiger partial charge in [0.1, 0.15) is 67.0 Å². The number of hydrogen-bond acceptors (Lipinski definition) is 6. The monoisotopic (exact) mass is 1770 g/mol. The van der Waals surface area contributed by atoms with E-state index in [0.717, 1.165) is 182 Å². The fourth-order valence-electron chi connectivity index (χ4n) is 22.6. The van der Waals surface area contributed by atoms with Crippen LogP contribution in [0.25, 0.3) is 281 Å². The zero-order chi connectivity index (χ0) is 90.7. The maximum Gasteiger partial charge on any atom is 0.143 e. The van der Waals surface area contributed by atoms with Crippen molar-refractivity contribution in [2.24, 2.45) is 0 Å². The van der Waals surface area contributed by atoms with Gasteiger partial charge in [0, 0.05) is 149 Å². The van der Waals surface area contributed by atoms with Gasteiger partial charge >= 0.3 is 0 Å². The van der Waals surface area contributed by atoms with Crippen LogP contribution >= 0.6 is 0 Å². The van der Waals surface area contributed by atoms with E-state index in [-0.39, 0.29) is 5.41 Å². The Hall–Kier alpha value is -18.2. The van der Waals surface area contributed by atoms with E-state index in [0.29, 0.717) is 0 Å². The van der Waals surface area contributed by atoms with E-state index in [2.05, 4.69) is 410 Å². The second kappa shape index (κ2) is 29.9. The average molecular weight is 1770 g/mol. The minimum atomic E-state index is -0.191. The van der Waals surface area contributed by atoms with Gasteiger partial charge in [0.25, 0.3) is 0 Å². The predicted molar refractivity (Wildman–Crippen MR) is 571 cm³/mol. The van der Waals surface area contributed by atoms with Crippen LogP contribution in [-0.2, 0) is 5.41 Å². The zero-order valence-electron chi connectivity index (χ0n) is 74.9. The van der Waals surface area contributed by atoms with Crippen LogP contribution in [0.2, 0.25) is 0 Å². The van der Waals surface area contributed by atoms with Gasteiger partial charge in [-0.05, 0) is 194 Å². The minimum Gasteiger partial charge on any atom is -0.456 e. The van der Waals surface area contributed by atoms with Crippen molar-refractivity contribution < 1.29 is 26.5 Å². The van der Waals surface area contributed by atoms with Crippen molar-refractivity contribution in [3.05, 3.63) is 454 Å². The summed E-state index contributed by atoms with van der Waals surface area (Å²) in [6.07, 6.45) is 0. The molecular formula is C129H79N3O6. The van der Waals surface area contributed by atoms with Crippen LogP contribution in [0, 0.1) is 0 Å². The lowest BCUT2D eigenvalue weighted by atomic mass is 9.81. The van der Waals surface area contributed by atoms with E-state index in [1.165, 1.54) is 110 Å². The van der Waals surface area contributed by atoms with Gasteiger partial charge in [-0.3, -0.25) is 0 Å². The molecule has 9 nitrogen and oxygen atoms in total. The van der Waals surface area contributed by atoms with Crippen molar-refractivity contribution in [1.29, 1.82) is 0 Å². The summed E-state index contributed by atoms with van der Waals surface area (Å²) in [4.78, 5) is 0. The Kier molecular flexibility index (Phi) is 16.8. The highest BCUT2D eigenvalue weighted by Gasteiger charge is 2.37. The molecule has 0 saturated heterocycles. The summed E-state index contributed by atoms with van der Waals surface area (Å²) in [6.45, 7) is 4.72. The van der Waals surface area contributed by atoms with E-state index in [1.807, 2.05) is 60.7 Å². The van der Waals surface area contributed by atoms with Gasteiger partial charge in [-0.15, -0.1) is 0 Å². The molecule has 138 heavy (non-hydrogen) atoms. The smallest absolute Gasteiger partial charge is 0.143 e. The molecule has 9 heterocycles. The topological polar surface area (TPSA) is 93.6 Å². The lowest BCUT2D eigenvalue weighted by Crippen LogP contribution is -2.15. The summed E-state index contributed by atoms with van der Waals surface area (Å²) in [5.41, 5.74) is 38.1. The van der Waals surface area contributed by atoms with E-state index in [9.17, 15) is 0 Å². The number of benzene rings is 21. The first kappa shape index (κ1) is 77.4. The van der Waals surface area contributed by atoms with Gasteiger partial charge < -0.3 is 40.2 Å². The Morgan fingerprint density at radius 2 is 0.428 bits per heavy atom. The van der Waals surface area contributed by atoms with Gasteiger partial charge in [-0.2, -0.15) is 0 Å². The molecule has 9 heteroatoms. The second-order valence-corrected chi connectivity index (χ2v) is 37.2. The molecule has 646 valence electrons. The Morgan fingerprint density at radius 1 is 0.152 bits per heavy atom. The molecule has 0 atom stereocenters. The molecule has 1 aliphatic rings. The summed E-state index contributed by atoms with van der Waals surface area (Å²) in [7, 11) is 0. The predicted octanol–water partition coefficient (Wildman–Crippen LogP) is 36.4. The lowest BCUT2D eigenvalue weighted by Gasteiger charge is -2.23. The fourth-order valence-corrected chi connectivity index (χ4v) is 22.6. The molecule has 0 amide bonds. The molecule has 0 bridgehead atoms. The van der Waals surface area contributed by atoms with E-state index in [1.54, 1.807) is 0 Å². The molecular weight excluding hydrogens is 1690 g/mol. The zero-order valence-corrected chi connectivity index (χ0v) is 74.9. The number of hydrogen-bond donors (Lipinski definition) is 0. The van der Waals surface area contributed by atoms with Gasteiger partial charge in [-0.25, -0.2) is 0 Å². The molecule has 9 aromatic heterocycles. The van der Waals surface area contributed by atoms with Gasteiger partial charge in [0.15, 0.2) is 0 Å². The normalized spacial score (nSPS) is 12.6. The number of aromatic nitrogens is 3. The van der Waals surface area contributed by atoms with Crippen LogP contribution < -0.4 is 0 Å². The maximum atomic E-state index is 6.43. The van der Waals surface area contributed by atoms with Gasteiger partial charge in [0.05, 0.1) is 33.1 Å². The second-order valence-electron chi connectivity index (χ2n) is 37.2. The Labute approximate surface area is 788 Å². The van der Waals surface area contributed by atoms with Crippen molar-refractivity contribution >= 4 is 197 Å². The van der Waals surface area contributed by atoms with Crippen molar-refractivity contribution in [3.63, 3.8) is 0 Å². The molecule has 0 N–H and O–H groups in total. The molecule has 0 aliphatic heterocycles. The highest BCUT2D eigenvalue weighted by molar-refractivity contribution is 6.22. The molecule has 1 aliphatic carbocycles. The first-order chi connectivity index (χ1) is 68.1. The fraction of sp³-hybridized carbons (Fsp3) is 0.0233. The number of para-hydroxylation sites is 11. The Bertz CT molecular complexity index is 10300. The van der Waals surface area contributed by atoms with Crippen molar-refractivity contribution in [1.82, 2.24) is 13.7 Å². The quantitative estimate of drug-likeness (QED) is 0.150. The SMILES string of the molecule is CC1(C)c2cc(-c3cccc4c3oc3ccccc34)ccc2-c2ccc(-n3c4ccccc4c4cc5c(cc43)oc3ccccc35)cc21.c1ccc2c(c1)oc1cc3c(cc12)c1ccccc1n3-c1ccc(-c2ccc(-c3cccc4c3oc3ccccc34)cc2)cc1.c1ccc2c(c1)oc1ccc(-c3ccc(-c4ccc(-n5c6ccccc6c6cc7c(cc65)oc5ccccc57)cc4)cc3)cc12. The number of fused-ring (bicyclic) bond motifs is 30. The Balaban J connectivity index is 0.0000000999. The maximum absolute atomic E-state index is 6.43. The largest absolute Gasteiger partial charge is 0.456 e. The van der Waals surface area contributed by atoms with E-state index in [4.69, 9.17) is 26.5 Å². The molecule has 21 aromatic carbocycles. The van der Waals surface area contributed by atoms with Crippen LogP contribution in [-0.4, -0.2) is 13.7 Å². The van der Waals surface area contributed by atoms with Crippen molar-refractivity contribution in [3.8, 4) is 83.8 Å². The highest BCUT2D eigenvalue weighted by atomic mass is 16.3. The minimum absolute atomic E-state index is 0.191. The molecule has 0 saturated carbocycles. The van der Waals surface area contributed by atoms with Gasteiger partial charge in [0.2, 0.25) is 0 Å². The molecule has 0 unspecified atom stereocenters. The number of furan rings is 6. The highest BCUT2D eigenvalue weighted by Crippen LogP contribution is 2.53. The van der Waals surface area contributed by atoms with Crippen molar-refractivity contribution in [2.45, 2.75) is 19.3 Å².